The Bertz CT molecular complexity index is 1620. The van der Waals surface area contributed by atoms with Gasteiger partial charge in [0.1, 0.15) is 41.6 Å². The Balaban J connectivity index is 1.23. The van der Waals surface area contributed by atoms with Crippen molar-refractivity contribution < 1.29 is 18.7 Å². The summed E-state index contributed by atoms with van der Waals surface area (Å²) in [4.78, 5) is 15.1. The van der Waals surface area contributed by atoms with E-state index in [2.05, 4.69) is 10.4 Å². The molecule has 1 unspecified atom stereocenters. The zero-order chi connectivity index (χ0) is 28.5. The quantitative estimate of drug-likeness (QED) is 0.407. The second-order valence-electron chi connectivity index (χ2n) is 9.94. The highest BCUT2D eigenvalue weighted by Crippen LogP contribution is 2.47. The zero-order valence-corrected chi connectivity index (χ0v) is 22.6. The molecule has 2 aliphatic heterocycles. The van der Waals surface area contributed by atoms with Crippen molar-refractivity contribution >= 4 is 23.5 Å². The van der Waals surface area contributed by atoms with E-state index < -0.39 is 18.0 Å². The van der Waals surface area contributed by atoms with Crippen LogP contribution >= 0.6 is 11.6 Å². The number of nitrogens with zero attached hydrogens (tertiary/aromatic N) is 4. The third-order valence-corrected chi connectivity index (χ3v) is 7.70. The molecule has 0 bridgehead atoms. The Morgan fingerprint density at radius 3 is 2.66 bits per heavy atom. The number of fused-ring (bicyclic) bond motifs is 2. The van der Waals surface area contributed by atoms with E-state index in [1.807, 2.05) is 42.5 Å². The molecule has 1 aromatic heterocycles. The van der Waals surface area contributed by atoms with Crippen LogP contribution in [0.2, 0.25) is 0 Å². The number of nitrogens with two attached hydrogens (primary N) is 1. The second-order valence-corrected chi connectivity index (χ2v) is 10.4. The molecule has 3 N–H and O–H groups in total. The highest BCUT2D eigenvalue weighted by molar-refractivity contribution is 6.29. The fraction of sp³-hybridized carbons (Fsp3) is 0.233. The molecule has 1 aliphatic carbocycles. The van der Waals surface area contributed by atoms with Crippen molar-refractivity contribution in [3.8, 4) is 17.6 Å². The molecule has 6 rings (SSSR count). The summed E-state index contributed by atoms with van der Waals surface area (Å²) < 4.78 is 26.5. The molecule has 0 saturated carbocycles. The second kappa shape index (κ2) is 11.0. The molecule has 3 heterocycles. The van der Waals surface area contributed by atoms with Gasteiger partial charge in [0.15, 0.2) is 5.82 Å². The van der Waals surface area contributed by atoms with Crippen LogP contribution in [-0.2, 0) is 6.54 Å². The first-order valence-electron chi connectivity index (χ1n) is 13.2. The standard InChI is InChI=1S/C30H26ClFN6O3/c31-20-3-10-26-25(15-20)24-11-12-38(30(39)41-23-8-4-21(32)5-9-23)28(27(24)35-26)18-1-6-22(7-2-18)40-14-13-37-17-19(16-33)29(34)36-37/h1-10,17,25,28,35H,11-15H2,(H2,34,36)/t25?,28-/m0/s1. The number of amides is 1. The lowest BCUT2D eigenvalue weighted by atomic mass is 9.85. The van der Waals surface area contributed by atoms with Crippen molar-refractivity contribution in [2.75, 3.05) is 18.9 Å². The summed E-state index contributed by atoms with van der Waals surface area (Å²) >= 11 is 6.38. The van der Waals surface area contributed by atoms with Gasteiger partial charge in [0.05, 0.1) is 6.54 Å². The van der Waals surface area contributed by atoms with Gasteiger partial charge in [-0.2, -0.15) is 10.4 Å². The van der Waals surface area contributed by atoms with E-state index in [1.54, 1.807) is 15.8 Å². The molecule has 0 fully saturated rings. The summed E-state index contributed by atoms with van der Waals surface area (Å²) in [6.45, 7) is 1.20. The third-order valence-electron chi connectivity index (χ3n) is 7.42. The van der Waals surface area contributed by atoms with Gasteiger partial charge in [0.25, 0.3) is 0 Å². The number of carbonyl (C=O) groups is 1. The largest absolute Gasteiger partial charge is 0.492 e. The molecule has 3 aliphatic rings. The number of hydrogen-bond donors (Lipinski definition) is 2. The van der Waals surface area contributed by atoms with E-state index in [0.717, 1.165) is 28.4 Å². The van der Waals surface area contributed by atoms with Gasteiger partial charge < -0.3 is 20.5 Å². The van der Waals surface area contributed by atoms with Crippen LogP contribution in [0.4, 0.5) is 15.0 Å². The molecular weight excluding hydrogens is 547 g/mol. The maximum absolute atomic E-state index is 13.4. The summed E-state index contributed by atoms with van der Waals surface area (Å²) in [5, 5.41) is 17.5. The molecular formula is C30H26ClFN6O3. The predicted octanol–water partition coefficient (Wildman–Crippen LogP) is 5.38. The smallest absolute Gasteiger partial charge is 0.416 e. The van der Waals surface area contributed by atoms with Crippen LogP contribution in [0.25, 0.3) is 0 Å². The maximum Gasteiger partial charge on any atom is 0.416 e. The van der Waals surface area contributed by atoms with Gasteiger partial charge in [-0.15, -0.1) is 0 Å². The van der Waals surface area contributed by atoms with Crippen molar-refractivity contribution in [1.82, 2.24) is 20.0 Å². The molecule has 0 radical (unpaired) electrons. The molecule has 9 nitrogen and oxygen atoms in total. The van der Waals surface area contributed by atoms with Crippen molar-refractivity contribution in [1.29, 1.82) is 5.26 Å². The minimum Gasteiger partial charge on any atom is -0.492 e. The molecule has 0 spiro atoms. The minimum atomic E-state index is -0.523. The Hall–Kier alpha value is -4.75. The molecule has 3 aromatic rings. The molecule has 1 amide bonds. The number of rotatable bonds is 6. The third kappa shape index (κ3) is 5.36. The summed E-state index contributed by atoms with van der Waals surface area (Å²) in [5.74, 6) is 0.852. The maximum atomic E-state index is 13.4. The van der Waals surface area contributed by atoms with Crippen LogP contribution < -0.4 is 20.5 Å². The normalized spacial score (nSPS) is 19.4. The van der Waals surface area contributed by atoms with Gasteiger partial charge in [0.2, 0.25) is 0 Å². The first kappa shape index (κ1) is 26.5. The number of nitrogen functional groups attached to an aromatic ring is 1. The van der Waals surface area contributed by atoms with Crippen molar-refractivity contribution in [3.63, 3.8) is 0 Å². The lowest BCUT2D eigenvalue weighted by Crippen LogP contribution is -2.42. The molecule has 11 heteroatoms. The number of nitriles is 1. The van der Waals surface area contributed by atoms with Gasteiger partial charge in [0, 0.05) is 35.1 Å². The highest BCUT2D eigenvalue weighted by atomic mass is 35.5. The number of halogens is 2. The van der Waals surface area contributed by atoms with Crippen LogP contribution in [0.1, 0.15) is 30.0 Å². The number of benzene rings is 2. The summed E-state index contributed by atoms with van der Waals surface area (Å²) in [6.07, 6.45) is 6.36. The van der Waals surface area contributed by atoms with Crippen LogP contribution in [0.3, 0.4) is 0 Å². The minimum absolute atomic E-state index is 0.153. The van der Waals surface area contributed by atoms with E-state index >= 15 is 0 Å². The molecule has 208 valence electrons. The Kier molecular flexibility index (Phi) is 7.12. The zero-order valence-electron chi connectivity index (χ0n) is 21.9. The van der Waals surface area contributed by atoms with Gasteiger partial charge in [-0.05, 0) is 72.5 Å². The number of anilines is 1. The number of nitrogens with one attached hydrogen (secondary N) is 1. The van der Waals surface area contributed by atoms with E-state index in [9.17, 15) is 9.18 Å². The van der Waals surface area contributed by atoms with Crippen LogP contribution in [0.5, 0.6) is 11.5 Å². The van der Waals surface area contributed by atoms with Crippen LogP contribution in [0, 0.1) is 23.1 Å². The topological polar surface area (TPSA) is 118 Å². The predicted molar refractivity (Wildman–Crippen MR) is 150 cm³/mol. The summed E-state index contributed by atoms with van der Waals surface area (Å²) in [6, 6.07) is 14.5. The number of aromatic nitrogens is 2. The lowest BCUT2D eigenvalue weighted by Gasteiger charge is -2.36. The first-order valence-corrected chi connectivity index (χ1v) is 13.5. The monoisotopic (exact) mass is 572 g/mol. The van der Waals surface area contributed by atoms with E-state index in [0.29, 0.717) is 37.4 Å². The molecule has 41 heavy (non-hydrogen) atoms. The summed E-state index contributed by atoms with van der Waals surface area (Å²) in [5.41, 5.74) is 10.2. The van der Waals surface area contributed by atoms with Crippen LogP contribution in [-0.4, -0.2) is 33.9 Å². The Morgan fingerprint density at radius 2 is 1.93 bits per heavy atom. The SMILES string of the molecule is N#Cc1cn(CCOc2ccc([C@H]3C4=C(CCN3C(=O)Oc3ccc(F)cc3)C3CC(Cl)=CC=C3N4)cc2)nc1N. The highest BCUT2D eigenvalue weighted by Gasteiger charge is 2.42. The number of carbonyl (C=O) groups excluding carboxylic acids is 1. The number of allylic oxidation sites excluding steroid dienone is 4. The van der Waals surface area contributed by atoms with Crippen LogP contribution in [0.15, 0.2) is 88.9 Å². The Morgan fingerprint density at radius 1 is 1.17 bits per heavy atom. The van der Waals surface area contributed by atoms with Gasteiger partial charge in [-0.3, -0.25) is 9.58 Å². The first-order chi connectivity index (χ1) is 19.9. The number of hydrogen-bond acceptors (Lipinski definition) is 7. The molecule has 0 saturated heterocycles. The van der Waals surface area contributed by atoms with Gasteiger partial charge in [-0.1, -0.05) is 23.7 Å². The Labute approximate surface area is 240 Å². The fourth-order valence-corrected chi connectivity index (χ4v) is 5.67. The lowest BCUT2D eigenvalue weighted by molar-refractivity contribution is 0.133. The van der Waals surface area contributed by atoms with Crippen molar-refractivity contribution in [2.24, 2.45) is 5.92 Å². The van der Waals surface area contributed by atoms with E-state index in [1.165, 1.54) is 29.8 Å². The van der Waals surface area contributed by atoms with E-state index in [4.69, 9.17) is 32.1 Å². The number of ether oxygens (including phenoxy) is 2. The molecule has 2 atom stereocenters. The molecule has 2 aromatic carbocycles. The summed E-state index contributed by atoms with van der Waals surface area (Å²) in [7, 11) is 0. The van der Waals surface area contributed by atoms with E-state index in [-0.39, 0.29) is 17.5 Å². The fourth-order valence-electron chi connectivity index (χ4n) is 5.46. The average molecular weight is 573 g/mol. The van der Waals surface area contributed by atoms with Crippen molar-refractivity contribution in [3.05, 3.63) is 106 Å². The average Bonchev–Trinajstić information content (AvgIpc) is 3.53. The van der Waals surface area contributed by atoms with Crippen molar-refractivity contribution in [2.45, 2.75) is 25.4 Å². The van der Waals surface area contributed by atoms with Gasteiger partial charge in [-0.25, -0.2) is 9.18 Å². The van der Waals surface area contributed by atoms with Gasteiger partial charge >= 0.3 is 6.09 Å².